The first-order chi connectivity index (χ1) is 14.6. The molecule has 7 heteroatoms. The molecule has 0 saturated carbocycles. The molecule has 0 unspecified atom stereocenters. The maximum Gasteiger partial charge on any atom is 0.191 e. The molecule has 0 aliphatic heterocycles. The number of aryl methyl sites for hydroxylation is 1. The van der Waals surface area contributed by atoms with Crippen molar-refractivity contribution < 1.29 is 4.39 Å². The minimum Gasteiger partial charge on any atom is -0.356 e. The molecule has 0 amide bonds. The molecular weight excluding hydrogens is 397 g/mol. The molecular formula is C23H28FN5S. The van der Waals surface area contributed by atoms with E-state index < -0.39 is 0 Å². The highest BCUT2D eigenvalue weighted by Crippen LogP contribution is 2.18. The third kappa shape index (κ3) is 6.91. The van der Waals surface area contributed by atoms with Gasteiger partial charge >= 0.3 is 0 Å². The van der Waals surface area contributed by atoms with Crippen molar-refractivity contribution in [2.75, 3.05) is 19.3 Å². The fourth-order valence-electron chi connectivity index (χ4n) is 3.01. The summed E-state index contributed by atoms with van der Waals surface area (Å²) < 4.78 is 15.1. The van der Waals surface area contributed by atoms with Crippen LogP contribution in [0.4, 0.5) is 4.39 Å². The van der Waals surface area contributed by atoms with E-state index in [4.69, 9.17) is 0 Å². The predicted molar refractivity (Wildman–Crippen MR) is 122 cm³/mol. The Balaban J connectivity index is 1.39. The Bertz CT molecular complexity index is 952. The van der Waals surface area contributed by atoms with Gasteiger partial charge in [0.15, 0.2) is 5.96 Å². The van der Waals surface area contributed by atoms with E-state index in [1.165, 1.54) is 23.3 Å². The van der Waals surface area contributed by atoms with Crippen LogP contribution < -0.4 is 10.6 Å². The fourth-order valence-corrected chi connectivity index (χ4v) is 3.86. The van der Waals surface area contributed by atoms with E-state index in [-0.39, 0.29) is 5.82 Å². The molecule has 3 rings (SSSR count). The van der Waals surface area contributed by atoms with Crippen molar-refractivity contribution in [2.45, 2.75) is 31.3 Å². The molecule has 3 aromatic rings. The Hall–Kier alpha value is -2.80. The van der Waals surface area contributed by atoms with E-state index in [1.807, 2.05) is 31.5 Å². The van der Waals surface area contributed by atoms with E-state index in [0.29, 0.717) is 6.54 Å². The molecule has 158 valence electrons. The molecule has 1 aromatic heterocycles. The normalized spacial score (nSPS) is 11.5. The monoisotopic (exact) mass is 425 g/mol. The second kappa shape index (κ2) is 11.4. The van der Waals surface area contributed by atoms with Crippen LogP contribution in [0.3, 0.4) is 0 Å². The Labute approximate surface area is 181 Å². The molecule has 0 atom stereocenters. The standard InChI is InChI=1S/C23H28FN5S/c1-18-26-12-13-29(18)17-20-6-3-5-19(15-20)16-28-23(25-2)27-11-4-14-30-22-9-7-21(24)8-10-22/h3,5-10,12-13,15H,4,11,14,16-17H2,1-2H3,(H2,25,27,28). The molecule has 0 spiro atoms. The number of hydrogen-bond donors (Lipinski definition) is 2. The SMILES string of the molecule is CN=C(NCCCSc1ccc(F)cc1)NCc1cccc(Cn2ccnc2C)c1. The maximum atomic E-state index is 12.9. The number of rotatable bonds is 9. The van der Waals surface area contributed by atoms with Crippen molar-refractivity contribution in [3.05, 3.63) is 83.7 Å². The highest BCUT2D eigenvalue weighted by atomic mass is 32.2. The van der Waals surface area contributed by atoms with Gasteiger partial charge in [-0.1, -0.05) is 24.3 Å². The van der Waals surface area contributed by atoms with Gasteiger partial charge in [0.2, 0.25) is 0 Å². The summed E-state index contributed by atoms with van der Waals surface area (Å²) >= 11 is 1.73. The molecule has 5 nitrogen and oxygen atoms in total. The molecule has 0 aliphatic rings. The number of benzene rings is 2. The zero-order chi connectivity index (χ0) is 21.2. The fraction of sp³-hybridized carbons (Fsp3) is 0.304. The summed E-state index contributed by atoms with van der Waals surface area (Å²) in [5.74, 6) is 2.57. The van der Waals surface area contributed by atoms with Crippen molar-refractivity contribution in [1.82, 2.24) is 20.2 Å². The lowest BCUT2D eigenvalue weighted by atomic mass is 10.1. The van der Waals surface area contributed by atoms with Crippen LogP contribution >= 0.6 is 11.8 Å². The van der Waals surface area contributed by atoms with Crippen molar-refractivity contribution in [3.8, 4) is 0 Å². The van der Waals surface area contributed by atoms with E-state index >= 15 is 0 Å². The smallest absolute Gasteiger partial charge is 0.191 e. The van der Waals surface area contributed by atoms with Crippen LogP contribution in [0.5, 0.6) is 0 Å². The Morgan fingerprint density at radius 2 is 1.93 bits per heavy atom. The molecule has 0 radical (unpaired) electrons. The third-order valence-corrected chi connectivity index (χ3v) is 5.75. The number of nitrogens with one attached hydrogen (secondary N) is 2. The third-order valence-electron chi connectivity index (χ3n) is 4.65. The van der Waals surface area contributed by atoms with Gasteiger partial charge in [-0.05, 0) is 54.5 Å². The number of imidazole rings is 1. The lowest BCUT2D eigenvalue weighted by Crippen LogP contribution is -2.37. The second-order valence-electron chi connectivity index (χ2n) is 6.93. The van der Waals surface area contributed by atoms with E-state index in [2.05, 4.69) is 49.4 Å². The summed E-state index contributed by atoms with van der Waals surface area (Å²) in [6.45, 7) is 4.37. The van der Waals surface area contributed by atoms with Gasteiger partial charge in [0.25, 0.3) is 0 Å². The van der Waals surface area contributed by atoms with Gasteiger partial charge in [-0.2, -0.15) is 0 Å². The van der Waals surface area contributed by atoms with Crippen LogP contribution in [-0.2, 0) is 13.1 Å². The number of halogens is 1. The van der Waals surface area contributed by atoms with Crippen LogP contribution in [0.1, 0.15) is 23.4 Å². The van der Waals surface area contributed by atoms with E-state index in [0.717, 1.165) is 41.9 Å². The zero-order valence-corrected chi connectivity index (χ0v) is 18.3. The lowest BCUT2D eigenvalue weighted by Gasteiger charge is -2.13. The lowest BCUT2D eigenvalue weighted by molar-refractivity contribution is 0.626. The number of aromatic nitrogens is 2. The molecule has 0 bridgehead atoms. The average molecular weight is 426 g/mol. The molecule has 0 fully saturated rings. The summed E-state index contributed by atoms with van der Waals surface area (Å²) in [5.41, 5.74) is 2.45. The van der Waals surface area contributed by atoms with Gasteiger partial charge in [-0.15, -0.1) is 11.8 Å². The molecule has 30 heavy (non-hydrogen) atoms. The first-order valence-corrected chi connectivity index (χ1v) is 11.0. The van der Waals surface area contributed by atoms with Crippen molar-refractivity contribution in [2.24, 2.45) is 4.99 Å². The minimum atomic E-state index is -0.196. The van der Waals surface area contributed by atoms with Crippen molar-refractivity contribution in [1.29, 1.82) is 0 Å². The largest absolute Gasteiger partial charge is 0.356 e. The van der Waals surface area contributed by atoms with Crippen LogP contribution in [-0.4, -0.2) is 34.9 Å². The molecule has 2 N–H and O–H groups in total. The van der Waals surface area contributed by atoms with Gasteiger partial charge in [0.05, 0.1) is 0 Å². The van der Waals surface area contributed by atoms with E-state index in [1.54, 1.807) is 18.8 Å². The topological polar surface area (TPSA) is 54.2 Å². The highest BCUT2D eigenvalue weighted by molar-refractivity contribution is 7.99. The summed E-state index contributed by atoms with van der Waals surface area (Å²) in [7, 11) is 1.78. The van der Waals surface area contributed by atoms with Gasteiger partial charge in [0, 0.05) is 44.0 Å². The first kappa shape index (κ1) is 21.9. The van der Waals surface area contributed by atoms with E-state index in [9.17, 15) is 4.39 Å². The summed E-state index contributed by atoms with van der Waals surface area (Å²) in [5, 5.41) is 6.72. The van der Waals surface area contributed by atoms with Crippen molar-refractivity contribution in [3.63, 3.8) is 0 Å². The van der Waals surface area contributed by atoms with Crippen LogP contribution in [0.25, 0.3) is 0 Å². The number of aliphatic imine (C=N–C) groups is 1. The summed E-state index contributed by atoms with van der Waals surface area (Å²) in [6.07, 6.45) is 4.82. The minimum absolute atomic E-state index is 0.196. The number of thioether (sulfide) groups is 1. The Morgan fingerprint density at radius 3 is 2.67 bits per heavy atom. The number of hydrogen-bond acceptors (Lipinski definition) is 3. The Kier molecular flexibility index (Phi) is 8.32. The first-order valence-electron chi connectivity index (χ1n) is 10.0. The predicted octanol–water partition coefficient (Wildman–Crippen LogP) is 4.23. The van der Waals surface area contributed by atoms with Crippen molar-refractivity contribution >= 4 is 17.7 Å². The van der Waals surface area contributed by atoms with Crippen LogP contribution in [0.15, 0.2) is 70.8 Å². The van der Waals surface area contributed by atoms with Crippen LogP contribution in [0.2, 0.25) is 0 Å². The van der Waals surface area contributed by atoms with Gasteiger partial charge in [0.1, 0.15) is 11.6 Å². The molecule has 0 aliphatic carbocycles. The molecule has 0 saturated heterocycles. The van der Waals surface area contributed by atoms with Gasteiger partial charge in [-0.3, -0.25) is 4.99 Å². The average Bonchev–Trinajstić information content (AvgIpc) is 3.16. The second-order valence-corrected chi connectivity index (χ2v) is 8.10. The summed E-state index contributed by atoms with van der Waals surface area (Å²) in [6, 6.07) is 15.2. The van der Waals surface area contributed by atoms with Gasteiger partial charge < -0.3 is 15.2 Å². The number of guanidine groups is 1. The van der Waals surface area contributed by atoms with Crippen LogP contribution in [0, 0.1) is 12.7 Å². The molecule has 2 aromatic carbocycles. The van der Waals surface area contributed by atoms with Gasteiger partial charge in [-0.25, -0.2) is 9.37 Å². The quantitative estimate of drug-likeness (QED) is 0.233. The maximum absolute atomic E-state index is 12.9. The highest BCUT2D eigenvalue weighted by Gasteiger charge is 2.02. The zero-order valence-electron chi connectivity index (χ0n) is 17.4. The number of nitrogens with zero attached hydrogens (tertiary/aromatic N) is 3. The Morgan fingerprint density at radius 1 is 1.13 bits per heavy atom. The summed E-state index contributed by atoms with van der Waals surface area (Å²) in [4.78, 5) is 9.66. The molecule has 1 heterocycles.